The van der Waals surface area contributed by atoms with Crippen LogP contribution in [0, 0.1) is 5.82 Å². The van der Waals surface area contributed by atoms with E-state index in [1.54, 1.807) is 0 Å². The molecule has 2 heterocycles. The molecule has 0 saturated carbocycles. The second-order valence-corrected chi connectivity index (χ2v) is 4.82. The monoisotopic (exact) mass is 268 g/mol. The van der Waals surface area contributed by atoms with Crippen molar-refractivity contribution in [1.29, 1.82) is 0 Å². The third-order valence-electron chi connectivity index (χ3n) is 3.38. The Morgan fingerprint density at radius 3 is 3.11 bits per heavy atom. The Balaban J connectivity index is 1.96. The van der Waals surface area contributed by atoms with Gasteiger partial charge in [-0.1, -0.05) is 6.42 Å². The van der Waals surface area contributed by atoms with Crippen molar-refractivity contribution in [2.75, 3.05) is 32.1 Å². The Morgan fingerprint density at radius 1 is 1.53 bits per heavy atom. The van der Waals surface area contributed by atoms with Crippen LogP contribution >= 0.6 is 0 Å². The number of ether oxygens (including phenoxy) is 1. The molecule has 106 valence electrons. The Hall–Kier alpha value is -1.43. The van der Waals surface area contributed by atoms with Gasteiger partial charge in [0.15, 0.2) is 0 Å². The molecule has 0 aromatic carbocycles. The molecule has 0 bridgehead atoms. The Kier molecular flexibility index (Phi) is 4.90. The number of nitrogens with zero attached hydrogens (tertiary/aromatic N) is 3. The highest BCUT2D eigenvalue weighted by molar-refractivity contribution is 5.28. The van der Waals surface area contributed by atoms with Gasteiger partial charge in [-0.2, -0.15) is 9.37 Å². The summed E-state index contributed by atoms with van der Waals surface area (Å²) in [5.41, 5.74) is 0. The average Bonchev–Trinajstić information content (AvgIpc) is 2.41. The van der Waals surface area contributed by atoms with E-state index in [0.717, 1.165) is 19.2 Å². The molecule has 0 amide bonds. The highest BCUT2D eigenvalue weighted by Gasteiger charge is 2.20. The summed E-state index contributed by atoms with van der Waals surface area (Å²) in [5.74, 6) is -0.0825. The lowest BCUT2D eigenvalue weighted by atomic mass is 10.0. The molecule has 1 saturated heterocycles. The fourth-order valence-corrected chi connectivity index (χ4v) is 2.23. The minimum Gasteiger partial charge on any atom is -0.474 e. The van der Waals surface area contributed by atoms with Crippen molar-refractivity contribution in [2.24, 2.45) is 0 Å². The van der Waals surface area contributed by atoms with Crippen LogP contribution < -0.4 is 10.1 Å². The first kappa shape index (κ1) is 14.0. The molecule has 5 nitrogen and oxygen atoms in total. The van der Waals surface area contributed by atoms with Gasteiger partial charge in [0.1, 0.15) is 6.61 Å². The van der Waals surface area contributed by atoms with Crippen LogP contribution in [-0.4, -0.2) is 47.7 Å². The third-order valence-corrected chi connectivity index (χ3v) is 3.38. The molecule has 1 aromatic rings. The maximum absolute atomic E-state index is 13.6. The predicted octanol–water partition coefficient (Wildman–Crippen LogP) is 1.91. The van der Waals surface area contributed by atoms with Gasteiger partial charge in [0.25, 0.3) is 5.88 Å². The largest absolute Gasteiger partial charge is 0.474 e. The molecule has 1 atom stereocenters. The van der Waals surface area contributed by atoms with E-state index >= 15 is 0 Å². The number of halogens is 1. The van der Waals surface area contributed by atoms with Crippen LogP contribution in [0.2, 0.25) is 0 Å². The molecular formula is C13H21FN4O. The normalized spacial score (nSPS) is 20.3. The highest BCUT2D eigenvalue weighted by Crippen LogP contribution is 2.18. The first-order valence-electron chi connectivity index (χ1n) is 6.80. The molecule has 0 aliphatic carbocycles. The second kappa shape index (κ2) is 6.65. The van der Waals surface area contributed by atoms with Gasteiger partial charge < -0.3 is 15.0 Å². The molecule has 6 heteroatoms. The lowest BCUT2D eigenvalue weighted by Gasteiger charge is -2.31. The van der Waals surface area contributed by atoms with Gasteiger partial charge in [0.2, 0.25) is 11.8 Å². The molecule has 19 heavy (non-hydrogen) atoms. The second-order valence-electron chi connectivity index (χ2n) is 4.82. The van der Waals surface area contributed by atoms with E-state index in [1.807, 2.05) is 6.92 Å². The zero-order valence-corrected chi connectivity index (χ0v) is 11.5. The summed E-state index contributed by atoms with van der Waals surface area (Å²) in [6.07, 6.45) is 4.65. The SMILES string of the molecule is CCNc1ncc(F)c(OCC2CCCCN2C)n1. The smallest absolute Gasteiger partial charge is 0.255 e. The van der Waals surface area contributed by atoms with E-state index in [9.17, 15) is 4.39 Å². The Morgan fingerprint density at radius 2 is 2.37 bits per heavy atom. The molecule has 2 rings (SSSR count). The maximum atomic E-state index is 13.6. The summed E-state index contributed by atoms with van der Waals surface area (Å²) in [4.78, 5) is 10.1. The molecular weight excluding hydrogens is 247 g/mol. The predicted molar refractivity (Wildman–Crippen MR) is 71.9 cm³/mol. The summed E-state index contributed by atoms with van der Waals surface area (Å²) in [6, 6.07) is 0.339. The van der Waals surface area contributed by atoms with Gasteiger partial charge in [-0.15, -0.1) is 0 Å². The summed E-state index contributed by atoms with van der Waals surface area (Å²) in [6.45, 7) is 4.17. The number of likely N-dealkylation sites (N-methyl/N-ethyl adjacent to an activating group) is 1. The van der Waals surface area contributed by atoms with Crippen LogP contribution in [-0.2, 0) is 0 Å². The Bertz CT molecular complexity index is 416. The minimum absolute atomic E-state index is 0.0323. The molecule has 1 aliphatic heterocycles. The van der Waals surface area contributed by atoms with E-state index in [0.29, 0.717) is 25.1 Å². The number of nitrogens with one attached hydrogen (secondary N) is 1. The first-order chi connectivity index (χ1) is 9.20. The maximum Gasteiger partial charge on any atom is 0.255 e. The molecule has 1 aliphatic rings. The van der Waals surface area contributed by atoms with Crippen LogP contribution in [0.5, 0.6) is 5.88 Å². The summed E-state index contributed by atoms with van der Waals surface area (Å²) < 4.78 is 19.1. The highest BCUT2D eigenvalue weighted by atomic mass is 19.1. The number of anilines is 1. The average molecular weight is 268 g/mol. The fraction of sp³-hybridized carbons (Fsp3) is 0.692. The number of likely N-dealkylation sites (tertiary alicyclic amines) is 1. The summed E-state index contributed by atoms with van der Waals surface area (Å²) in [7, 11) is 2.08. The zero-order chi connectivity index (χ0) is 13.7. The first-order valence-corrected chi connectivity index (χ1v) is 6.80. The van der Waals surface area contributed by atoms with E-state index in [4.69, 9.17) is 4.74 Å². The number of aromatic nitrogens is 2. The number of rotatable bonds is 5. The minimum atomic E-state index is -0.514. The van der Waals surface area contributed by atoms with Gasteiger partial charge in [0, 0.05) is 12.6 Å². The molecule has 1 N–H and O–H groups in total. The van der Waals surface area contributed by atoms with Crippen molar-refractivity contribution in [1.82, 2.24) is 14.9 Å². The van der Waals surface area contributed by atoms with Crippen LogP contribution in [0.25, 0.3) is 0 Å². The quantitative estimate of drug-likeness (QED) is 0.884. The molecule has 1 unspecified atom stereocenters. The van der Waals surface area contributed by atoms with Gasteiger partial charge >= 0.3 is 0 Å². The molecule has 1 fully saturated rings. The van der Waals surface area contributed by atoms with Crippen molar-refractivity contribution in [3.05, 3.63) is 12.0 Å². The molecule has 1 aromatic heterocycles. The standard InChI is InChI=1S/C13H21FN4O/c1-3-15-13-16-8-11(14)12(17-13)19-9-10-6-4-5-7-18(10)2/h8,10H,3-7,9H2,1-2H3,(H,15,16,17). The molecule has 0 spiro atoms. The van der Waals surface area contributed by atoms with Crippen LogP contribution in [0.4, 0.5) is 10.3 Å². The van der Waals surface area contributed by atoms with Crippen molar-refractivity contribution >= 4 is 5.95 Å². The van der Waals surface area contributed by atoms with E-state index in [1.165, 1.54) is 12.8 Å². The number of hydrogen-bond donors (Lipinski definition) is 1. The van der Waals surface area contributed by atoms with E-state index < -0.39 is 5.82 Å². The van der Waals surface area contributed by atoms with E-state index in [-0.39, 0.29) is 5.88 Å². The van der Waals surface area contributed by atoms with Crippen molar-refractivity contribution in [3.8, 4) is 5.88 Å². The van der Waals surface area contributed by atoms with Crippen LogP contribution in [0.1, 0.15) is 26.2 Å². The fourth-order valence-electron chi connectivity index (χ4n) is 2.23. The van der Waals surface area contributed by atoms with E-state index in [2.05, 4.69) is 27.2 Å². The van der Waals surface area contributed by atoms with Gasteiger partial charge in [-0.25, -0.2) is 4.98 Å². The van der Waals surface area contributed by atoms with Crippen LogP contribution in [0.3, 0.4) is 0 Å². The van der Waals surface area contributed by atoms with Crippen LogP contribution in [0.15, 0.2) is 6.20 Å². The lowest BCUT2D eigenvalue weighted by molar-refractivity contribution is 0.120. The zero-order valence-electron chi connectivity index (χ0n) is 11.5. The summed E-state index contributed by atoms with van der Waals surface area (Å²) in [5, 5.41) is 2.94. The third kappa shape index (κ3) is 3.76. The number of hydrogen-bond acceptors (Lipinski definition) is 5. The Labute approximate surface area is 113 Å². The van der Waals surface area contributed by atoms with Crippen molar-refractivity contribution in [3.63, 3.8) is 0 Å². The van der Waals surface area contributed by atoms with Gasteiger partial charge in [-0.3, -0.25) is 0 Å². The lowest BCUT2D eigenvalue weighted by Crippen LogP contribution is -2.40. The molecule has 0 radical (unpaired) electrons. The van der Waals surface area contributed by atoms with Gasteiger partial charge in [-0.05, 0) is 33.4 Å². The van der Waals surface area contributed by atoms with Crippen molar-refractivity contribution < 1.29 is 9.13 Å². The summed E-state index contributed by atoms with van der Waals surface area (Å²) >= 11 is 0. The van der Waals surface area contributed by atoms with Crippen molar-refractivity contribution in [2.45, 2.75) is 32.2 Å². The topological polar surface area (TPSA) is 50.3 Å². The van der Waals surface area contributed by atoms with Gasteiger partial charge in [0.05, 0.1) is 6.20 Å². The number of piperidine rings is 1.